The third kappa shape index (κ3) is 3.18. The van der Waals surface area contributed by atoms with Crippen LogP contribution in [0.1, 0.15) is 16.8 Å². The van der Waals surface area contributed by atoms with Crippen molar-refractivity contribution in [1.82, 2.24) is 4.98 Å². The van der Waals surface area contributed by atoms with Crippen molar-refractivity contribution < 1.29 is 10.2 Å². The fourth-order valence-corrected chi connectivity index (χ4v) is 1.94. The molecule has 0 saturated heterocycles. The van der Waals surface area contributed by atoms with Gasteiger partial charge in [-0.2, -0.15) is 0 Å². The minimum atomic E-state index is -0.0594. The number of amidine groups is 1. The fraction of sp³-hybridized carbons (Fsp3) is 0.500. The SMILES string of the molecule is Cc1cc(C)c(C(=N)N)c(N(CCO)CCO)n1. The number of aryl methyl sites for hydroxylation is 2. The Morgan fingerprint density at radius 3 is 2.33 bits per heavy atom. The maximum atomic E-state index is 9.06. The van der Waals surface area contributed by atoms with Crippen molar-refractivity contribution in [3.05, 3.63) is 22.9 Å². The lowest BCUT2D eigenvalue weighted by atomic mass is 10.1. The van der Waals surface area contributed by atoms with Gasteiger partial charge in [0.15, 0.2) is 0 Å². The molecule has 0 amide bonds. The molecule has 0 bridgehead atoms. The molecule has 0 fully saturated rings. The lowest BCUT2D eigenvalue weighted by molar-refractivity contribution is 0.280. The van der Waals surface area contributed by atoms with Gasteiger partial charge in [0, 0.05) is 18.8 Å². The topological polar surface area (TPSA) is 106 Å². The number of nitrogen functional groups attached to an aromatic ring is 1. The lowest BCUT2D eigenvalue weighted by Gasteiger charge is -2.25. The van der Waals surface area contributed by atoms with E-state index in [1.807, 2.05) is 19.9 Å². The third-order valence-corrected chi connectivity index (χ3v) is 2.63. The minimum Gasteiger partial charge on any atom is -0.395 e. The van der Waals surface area contributed by atoms with Crippen molar-refractivity contribution in [2.24, 2.45) is 5.73 Å². The number of nitrogens with zero attached hydrogens (tertiary/aromatic N) is 2. The summed E-state index contributed by atoms with van der Waals surface area (Å²) in [7, 11) is 0. The first-order chi connectivity index (χ1) is 8.51. The fourth-order valence-electron chi connectivity index (χ4n) is 1.94. The van der Waals surface area contributed by atoms with Crippen molar-refractivity contribution in [3.63, 3.8) is 0 Å². The van der Waals surface area contributed by atoms with E-state index in [4.69, 9.17) is 21.4 Å². The molecule has 1 rings (SSSR count). The second-order valence-electron chi connectivity index (χ2n) is 4.13. The van der Waals surface area contributed by atoms with Crippen LogP contribution in [0.2, 0.25) is 0 Å². The van der Waals surface area contributed by atoms with Crippen LogP contribution in [0.4, 0.5) is 5.82 Å². The number of pyridine rings is 1. The van der Waals surface area contributed by atoms with Crippen LogP contribution >= 0.6 is 0 Å². The highest BCUT2D eigenvalue weighted by Gasteiger charge is 2.17. The van der Waals surface area contributed by atoms with E-state index in [2.05, 4.69) is 4.98 Å². The highest BCUT2D eigenvalue weighted by Crippen LogP contribution is 2.21. The van der Waals surface area contributed by atoms with Gasteiger partial charge in [-0.15, -0.1) is 0 Å². The Kier molecular flexibility index (Phi) is 5.06. The van der Waals surface area contributed by atoms with Crippen LogP contribution in [0.15, 0.2) is 6.07 Å². The normalized spacial score (nSPS) is 10.4. The van der Waals surface area contributed by atoms with Crippen molar-refractivity contribution >= 4 is 11.7 Å². The van der Waals surface area contributed by atoms with E-state index in [0.29, 0.717) is 24.5 Å². The van der Waals surface area contributed by atoms with Crippen LogP contribution in [0, 0.1) is 19.3 Å². The average molecular weight is 252 g/mol. The zero-order chi connectivity index (χ0) is 13.7. The molecule has 18 heavy (non-hydrogen) atoms. The van der Waals surface area contributed by atoms with Gasteiger partial charge in [0.05, 0.1) is 18.8 Å². The number of aromatic nitrogens is 1. The van der Waals surface area contributed by atoms with Gasteiger partial charge in [0.1, 0.15) is 11.7 Å². The van der Waals surface area contributed by atoms with E-state index in [1.54, 1.807) is 4.90 Å². The maximum Gasteiger partial charge on any atom is 0.140 e. The summed E-state index contributed by atoms with van der Waals surface area (Å²) in [6.07, 6.45) is 0. The zero-order valence-electron chi connectivity index (χ0n) is 10.8. The Bertz CT molecular complexity index is 428. The van der Waals surface area contributed by atoms with Crippen LogP contribution in [0.3, 0.4) is 0 Å². The minimum absolute atomic E-state index is 0.0496. The summed E-state index contributed by atoms with van der Waals surface area (Å²) in [6.45, 7) is 4.31. The van der Waals surface area contributed by atoms with Crippen LogP contribution in [0.25, 0.3) is 0 Å². The van der Waals surface area contributed by atoms with Crippen LogP contribution in [-0.2, 0) is 0 Å². The quantitative estimate of drug-likeness (QED) is 0.413. The van der Waals surface area contributed by atoms with Crippen molar-refractivity contribution in [3.8, 4) is 0 Å². The smallest absolute Gasteiger partial charge is 0.140 e. The molecule has 0 radical (unpaired) electrons. The van der Waals surface area contributed by atoms with Crippen LogP contribution in [0.5, 0.6) is 0 Å². The van der Waals surface area contributed by atoms with Crippen molar-refractivity contribution in [2.45, 2.75) is 13.8 Å². The number of nitrogens with two attached hydrogens (primary N) is 1. The highest BCUT2D eigenvalue weighted by molar-refractivity contribution is 6.01. The molecule has 0 aromatic carbocycles. The summed E-state index contributed by atoms with van der Waals surface area (Å²) >= 11 is 0. The van der Waals surface area contributed by atoms with Gasteiger partial charge in [0.2, 0.25) is 0 Å². The Labute approximate surface area is 107 Å². The number of anilines is 1. The second-order valence-corrected chi connectivity index (χ2v) is 4.13. The van der Waals surface area contributed by atoms with E-state index in [1.165, 1.54) is 0 Å². The summed E-state index contributed by atoms with van der Waals surface area (Å²) in [5.74, 6) is 0.485. The van der Waals surface area contributed by atoms with Gasteiger partial charge in [0.25, 0.3) is 0 Å². The lowest BCUT2D eigenvalue weighted by Crippen LogP contribution is -2.33. The Hall–Kier alpha value is -1.66. The molecule has 0 unspecified atom stereocenters. The predicted octanol–water partition coefficient (Wildman–Crippen LogP) is -0.226. The molecule has 0 saturated carbocycles. The summed E-state index contributed by atoms with van der Waals surface area (Å²) in [4.78, 5) is 6.11. The van der Waals surface area contributed by atoms with Gasteiger partial charge < -0.3 is 20.8 Å². The first-order valence-electron chi connectivity index (χ1n) is 5.80. The number of nitrogens with one attached hydrogen (secondary N) is 1. The third-order valence-electron chi connectivity index (χ3n) is 2.63. The largest absolute Gasteiger partial charge is 0.395 e. The van der Waals surface area contributed by atoms with E-state index >= 15 is 0 Å². The molecular weight excluding hydrogens is 232 g/mol. The van der Waals surface area contributed by atoms with Gasteiger partial charge in [-0.3, -0.25) is 5.41 Å². The molecule has 6 nitrogen and oxygen atoms in total. The molecule has 100 valence electrons. The van der Waals surface area contributed by atoms with E-state index in [0.717, 1.165) is 11.3 Å². The number of rotatable bonds is 6. The molecule has 0 aliphatic heterocycles. The van der Waals surface area contributed by atoms with Gasteiger partial charge >= 0.3 is 0 Å². The zero-order valence-corrected chi connectivity index (χ0v) is 10.8. The van der Waals surface area contributed by atoms with E-state index < -0.39 is 0 Å². The van der Waals surface area contributed by atoms with Gasteiger partial charge in [-0.1, -0.05) is 0 Å². The van der Waals surface area contributed by atoms with Crippen LogP contribution < -0.4 is 10.6 Å². The molecule has 0 aliphatic carbocycles. The molecule has 1 aromatic heterocycles. The monoisotopic (exact) mass is 252 g/mol. The van der Waals surface area contributed by atoms with Crippen molar-refractivity contribution in [1.29, 1.82) is 5.41 Å². The second kappa shape index (κ2) is 6.32. The maximum absolute atomic E-state index is 9.06. The summed E-state index contributed by atoms with van der Waals surface area (Å²) in [6, 6.07) is 1.86. The number of aliphatic hydroxyl groups is 2. The Morgan fingerprint density at radius 2 is 1.89 bits per heavy atom. The predicted molar refractivity (Wildman–Crippen MR) is 71.1 cm³/mol. The number of aliphatic hydroxyl groups excluding tert-OH is 2. The Morgan fingerprint density at radius 1 is 1.33 bits per heavy atom. The number of hydrogen-bond acceptors (Lipinski definition) is 5. The average Bonchev–Trinajstić information content (AvgIpc) is 2.26. The molecule has 1 heterocycles. The molecule has 6 heteroatoms. The van der Waals surface area contributed by atoms with Gasteiger partial charge in [-0.25, -0.2) is 4.98 Å². The standard InChI is InChI=1S/C12H20N4O2/c1-8-7-9(2)15-12(10(8)11(13)14)16(3-5-17)4-6-18/h7,17-18H,3-6H2,1-2H3,(H3,13,14). The molecule has 5 N–H and O–H groups in total. The molecule has 0 spiro atoms. The van der Waals surface area contributed by atoms with E-state index in [-0.39, 0.29) is 19.0 Å². The summed E-state index contributed by atoms with van der Waals surface area (Å²) in [5.41, 5.74) is 7.82. The van der Waals surface area contributed by atoms with Crippen molar-refractivity contribution in [2.75, 3.05) is 31.2 Å². The molecular formula is C12H20N4O2. The van der Waals surface area contributed by atoms with E-state index in [9.17, 15) is 0 Å². The molecule has 1 aromatic rings. The van der Waals surface area contributed by atoms with Gasteiger partial charge in [-0.05, 0) is 25.5 Å². The highest BCUT2D eigenvalue weighted by atomic mass is 16.3. The first-order valence-corrected chi connectivity index (χ1v) is 5.80. The Balaban J connectivity index is 3.29. The summed E-state index contributed by atoms with van der Waals surface area (Å²) < 4.78 is 0. The first kappa shape index (κ1) is 14.4. The molecule has 0 aliphatic rings. The van der Waals surface area contributed by atoms with Crippen LogP contribution in [-0.4, -0.2) is 47.3 Å². The molecule has 0 atom stereocenters. The summed E-state index contributed by atoms with van der Waals surface area (Å²) in [5, 5.41) is 25.7. The number of hydrogen-bond donors (Lipinski definition) is 4.